The molecule has 0 aliphatic heterocycles. The fourth-order valence-electron chi connectivity index (χ4n) is 2.09. The smallest absolute Gasteiger partial charge is 0.00387 e. The maximum Gasteiger partial charge on any atom is 0.00387 e. The summed E-state index contributed by atoms with van der Waals surface area (Å²) in [5, 5.41) is 0. The van der Waals surface area contributed by atoms with E-state index in [4.69, 9.17) is 5.73 Å². The Balaban J connectivity index is 2.32. The van der Waals surface area contributed by atoms with Crippen LogP contribution in [-0.4, -0.2) is 6.04 Å². The van der Waals surface area contributed by atoms with Crippen LogP contribution in [0.15, 0.2) is 0 Å². The van der Waals surface area contributed by atoms with Crippen molar-refractivity contribution in [1.82, 2.24) is 0 Å². The van der Waals surface area contributed by atoms with Gasteiger partial charge in [0.2, 0.25) is 0 Å². The molecule has 0 saturated heterocycles. The van der Waals surface area contributed by atoms with Crippen molar-refractivity contribution in [2.45, 2.75) is 52.0 Å². The molecule has 1 rings (SSSR count). The van der Waals surface area contributed by atoms with E-state index in [1.807, 2.05) is 0 Å². The lowest BCUT2D eigenvalue weighted by atomic mass is 9.78. The maximum absolute atomic E-state index is 5.87. The van der Waals surface area contributed by atoms with Gasteiger partial charge in [0, 0.05) is 6.04 Å². The zero-order chi connectivity index (χ0) is 8.27. The second-order valence-corrected chi connectivity index (χ2v) is 4.12. The van der Waals surface area contributed by atoms with Crippen molar-refractivity contribution in [3.05, 3.63) is 0 Å². The van der Waals surface area contributed by atoms with Crippen LogP contribution in [0.3, 0.4) is 0 Å². The van der Waals surface area contributed by atoms with Gasteiger partial charge in [0.1, 0.15) is 0 Å². The van der Waals surface area contributed by atoms with E-state index in [0.29, 0.717) is 6.04 Å². The Morgan fingerprint density at radius 3 is 2.09 bits per heavy atom. The first-order valence-electron chi connectivity index (χ1n) is 4.97. The van der Waals surface area contributed by atoms with Crippen LogP contribution >= 0.6 is 0 Å². The Bertz CT molecular complexity index is 103. The van der Waals surface area contributed by atoms with Crippen LogP contribution in [-0.2, 0) is 0 Å². The summed E-state index contributed by atoms with van der Waals surface area (Å²) in [5.74, 6) is 1.65. The van der Waals surface area contributed by atoms with Crippen molar-refractivity contribution < 1.29 is 0 Å². The minimum atomic E-state index is 0.387. The summed E-state index contributed by atoms with van der Waals surface area (Å²) in [7, 11) is 0. The van der Waals surface area contributed by atoms with E-state index in [9.17, 15) is 0 Å². The number of hydrogen-bond donors (Lipinski definition) is 1. The normalized spacial score (nSPS) is 26.5. The van der Waals surface area contributed by atoms with Gasteiger partial charge in [-0.3, -0.25) is 0 Å². The third-order valence-corrected chi connectivity index (χ3v) is 3.22. The van der Waals surface area contributed by atoms with E-state index in [1.54, 1.807) is 0 Å². The molecule has 0 bridgehead atoms. The average Bonchev–Trinajstić information content (AvgIpc) is 2.05. The van der Waals surface area contributed by atoms with Crippen molar-refractivity contribution in [2.24, 2.45) is 17.6 Å². The molecule has 0 heterocycles. The van der Waals surface area contributed by atoms with Gasteiger partial charge in [-0.25, -0.2) is 0 Å². The van der Waals surface area contributed by atoms with E-state index < -0.39 is 0 Å². The highest BCUT2D eigenvalue weighted by Gasteiger charge is 2.21. The SMILES string of the molecule is CC(N)C(C)C1CCCCC1. The molecule has 0 aromatic rings. The van der Waals surface area contributed by atoms with Crippen LogP contribution in [0.4, 0.5) is 0 Å². The minimum absolute atomic E-state index is 0.387. The van der Waals surface area contributed by atoms with Gasteiger partial charge >= 0.3 is 0 Å². The lowest BCUT2D eigenvalue weighted by Crippen LogP contribution is -2.31. The van der Waals surface area contributed by atoms with Crippen LogP contribution in [0.25, 0.3) is 0 Å². The zero-order valence-electron chi connectivity index (χ0n) is 7.84. The molecule has 1 fully saturated rings. The van der Waals surface area contributed by atoms with Gasteiger partial charge in [-0.1, -0.05) is 39.0 Å². The van der Waals surface area contributed by atoms with Gasteiger partial charge < -0.3 is 5.73 Å². The second-order valence-electron chi connectivity index (χ2n) is 4.12. The van der Waals surface area contributed by atoms with Crippen LogP contribution in [0, 0.1) is 11.8 Å². The standard InChI is InChI=1S/C10H21N/c1-8(9(2)11)10-6-4-3-5-7-10/h8-10H,3-7,11H2,1-2H3. The highest BCUT2D eigenvalue weighted by molar-refractivity contribution is 4.75. The molecule has 1 saturated carbocycles. The zero-order valence-corrected chi connectivity index (χ0v) is 7.84. The van der Waals surface area contributed by atoms with Crippen molar-refractivity contribution >= 4 is 0 Å². The van der Waals surface area contributed by atoms with Gasteiger partial charge in [-0.05, 0) is 18.8 Å². The Kier molecular flexibility index (Phi) is 3.38. The molecule has 66 valence electrons. The van der Waals surface area contributed by atoms with Gasteiger partial charge in [-0.2, -0.15) is 0 Å². The van der Waals surface area contributed by atoms with Crippen LogP contribution in [0.5, 0.6) is 0 Å². The lowest BCUT2D eigenvalue weighted by molar-refractivity contribution is 0.239. The molecule has 0 amide bonds. The fourth-order valence-corrected chi connectivity index (χ4v) is 2.09. The second kappa shape index (κ2) is 4.10. The molecule has 1 heteroatoms. The van der Waals surface area contributed by atoms with E-state index in [2.05, 4.69) is 13.8 Å². The number of nitrogens with two attached hydrogens (primary N) is 1. The topological polar surface area (TPSA) is 26.0 Å². The summed E-state index contributed by atoms with van der Waals surface area (Å²) in [4.78, 5) is 0. The first kappa shape index (κ1) is 9.05. The van der Waals surface area contributed by atoms with Gasteiger partial charge in [0.05, 0.1) is 0 Å². The number of rotatable bonds is 2. The molecule has 1 nitrogen and oxygen atoms in total. The molecule has 0 aromatic heterocycles. The van der Waals surface area contributed by atoms with Crippen LogP contribution in [0.2, 0.25) is 0 Å². The molecule has 1 aliphatic rings. The Morgan fingerprint density at radius 1 is 1.09 bits per heavy atom. The summed E-state index contributed by atoms with van der Waals surface area (Å²) in [6.07, 6.45) is 7.15. The predicted octanol–water partition coefficient (Wildman–Crippen LogP) is 2.55. The van der Waals surface area contributed by atoms with Crippen molar-refractivity contribution in [1.29, 1.82) is 0 Å². The monoisotopic (exact) mass is 155 g/mol. The predicted molar refractivity (Wildman–Crippen MR) is 49.4 cm³/mol. The summed E-state index contributed by atoms with van der Waals surface area (Å²) in [5.41, 5.74) is 5.87. The Hall–Kier alpha value is -0.0400. The molecule has 0 spiro atoms. The van der Waals surface area contributed by atoms with Gasteiger partial charge in [-0.15, -0.1) is 0 Å². The van der Waals surface area contributed by atoms with Crippen molar-refractivity contribution in [2.75, 3.05) is 0 Å². The molecule has 0 radical (unpaired) electrons. The quantitative estimate of drug-likeness (QED) is 0.651. The molecule has 2 unspecified atom stereocenters. The first-order chi connectivity index (χ1) is 5.22. The largest absolute Gasteiger partial charge is 0.328 e. The first-order valence-corrected chi connectivity index (χ1v) is 4.97. The molecule has 1 aliphatic carbocycles. The summed E-state index contributed by atoms with van der Waals surface area (Å²) >= 11 is 0. The summed E-state index contributed by atoms with van der Waals surface area (Å²) in [6.45, 7) is 4.44. The fraction of sp³-hybridized carbons (Fsp3) is 1.00. The average molecular weight is 155 g/mol. The lowest BCUT2D eigenvalue weighted by Gasteiger charge is -2.29. The Morgan fingerprint density at radius 2 is 1.64 bits per heavy atom. The highest BCUT2D eigenvalue weighted by atomic mass is 14.6. The molecule has 0 aromatic carbocycles. The summed E-state index contributed by atoms with van der Waals surface area (Å²) in [6, 6.07) is 0.387. The van der Waals surface area contributed by atoms with Crippen LogP contribution in [0.1, 0.15) is 46.0 Å². The van der Waals surface area contributed by atoms with Crippen LogP contribution < -0.4 is 5.73 Å². The maximum atomic E-state index is 5.87. The van der Waals surface area contributed by atoms with Gasteiger partial charge in [0.15, 0.2) is 0 Å². The van der Waals surface area contributed by atoms with Crippen molar-refractivity contribution in [3.63, 3.8) is 0 Å². The molecule has 11 heavy (non-hydrogen) atoms. The Labute approximate surface area is 70.4 Å². The van der Waals surface area contributed by atoms with Crippen molar-refractivity contribution in [3.8, 4) is 0 Å². The molecule has 2 atom stereocenters. The molecule has 2 N–H and O–H groups in total. The molecular weight excluding hydrogens is 134 g/mol. The van der Waals surface area contributed by atoms with E-state index in [-0.39, 0.29) is 0 Å². The highest BCUT2D eigenvalue weighted by Crippen LogP contribution is 2.30. The van der Waals surface area contributed by atoms with E-state index in [0.717, 1.165) is 11.8 Å². The number of hydrogen-bond acceptors (Lipinski definition) is 1. The summed E-state index contributed by atoms with van der Waals surface area (Å²) < 4.78 is 0. The van der Waals surface area contributed by atoms with Gasteiger partial charge in [0.25, 0.3) is 0 Å². The van der Waals surface area contributed by atoms with E-state index >= 15 is 0 Å². The van der Waals surface area contributed by atoms with E-state index in [1.165, 1.54) is 32.1 Å². The molecular formula is C10H21N. The minimum Gasteiger partial charge on any atom is -0.328 e. The third-order valence-electron chi connectivity index (χ3n) is 3.22. The third kappa shape index (κ3) is 2.48.